The van der Waals surface area contributed by atoms with Crippen molar-refractivity contribution in [3.8, 4) is 0 Å². The molecule has 9 aliphatic rings. The standard InChI is InChI=1S/C66H91NO23/c1-33-57(46(70)27-52(81-33)85-41-19-21-64(5)40(25-41)17-18-43-44(64)26-50(72)65(6)42(20-22-66(43,65)78)39-24-51(73)79-32-39)87-53-28-47(71)58(34(2)82-53)88-54-29-48(84-36(4)69)59(35(3)83-54)90-62-56(75)55(74)60(49(30-68)86-62)89-61(76)45(23-37-13-9-7-10-14-37)67-63(77)80-31-38-15-11-8-12-16-38/h7-16,24,33-35,40-50,52-60,62,68,70-72,74-75,78H,17-23,25-32H2,1-6H3,(H,67,77)/t33-,34-,35-,40-,41+,42-,43-,44+,45+,46+,47+,48+,49-,50-,52+,53+,54+,55-,56-,57-,58-,59-,60-,62+,64+,65+,66+/m1/s1. The highest BCUT2D eigenvalue weighted by atomic mass is 16.8. The van der Waals surface area contributed by atoms with Crippen LogP contribution in [0.3, 0.4) is 0 Å². The third kappa shape index (κ3) is 13.6. The predicted molar refractivity (Wildman–Crippen MR) is 312 cm³/mol. The maximum Gasteiger partial charge on any atom is 0.408 e. The Morgan fingerprint density at radius 1 is 0.678 bits per heavy atom. The van der Waals surface area contributed by atoms with E-state index in [2.05, 4.69) is 12.2 Å². The number of ether oxygens (including phenoxy) is 12. The normalized spacial score (nSPS) is 43.7. The number of benzene rings is 2. The van der Waals surface area contributed by atoms with Gasteiger partial charge in [-0.05, 0) is 118 Å². The predicted octanol–water partition coefficient (Wildman–Crippen LogP) is 3.70. The van der Waals surface area contributed by atoms with Gasteiger partial charge in [0.2, 0.25) is 0 Å². The number of alkyl carbamates (subject to hydrolysis) is 1. The maximum atomic E-state index is 13.9. The number of hydrogen-bond donors (Lipinski definition) is 8. The van der Waals surface area contributed by atoms with Gasteiger partial charge in [0.25, 0.3) is 0 Å². The number of aliphatic hydroxyl groups is 7. The summed E-state index contributed by atoms with van der Waals surface area (Å²) in [6.45, 7) is 9.95. The van der Waals surface area contributed by atoms with Crippen LogP contribution in [0, 0.1) is 34.5 Å². The zero-order chi connectivity index (χ0) is 64.0. The first-order valence-corrected chi connectivity index (χ1v) is 32.2. The molecule has 24 nitrogen and oxygen atoms in total. The van der Waals surface area contributed by atoms with Crippen molar-refractivity contribution in [1.82, 2.24) is 5.32 Å². The first kappa shape index (κ1) is 66.7. The fourth-order valence-corrected chi connectivity index (χ4v) is 16.9. The van der Waals surface area contributed by atoms with Crippen LogP contribution in [0.1, 0.15) is 123 Å². The molecule has 24 heteroatoms. The zero-order valence-electron chi connectivity index (χ0n) is 52.0. The topological polar surface area (TPSA) is 333 Å². The number of nitrogens with one attached hydrogen (secondary N) is 1. The van der Waals surface area contributed by atoms with Crippen molar-refractivity contribution in [3.63, 3.8) is 0 Å². The van der Waals surface area contributed by atoms with Crippen molar-refractivity contribution in [2.75, 3.05) is 13.2 Å². The van der Waals surface area contributed by atoms with Crippen LogP contribution < -0.4 is 5.32 Å². The van der Waals surface area contributed by atoms with Gasteiger partial charge in [0.15, 0.2) is 31.3 Å². The fourth-order valence-electron chi connectivity index (χ4n) is 16.9. The van der Waals surface area contributed by atoms with Crippen molar-refractivity contribution >= 4 is 24.0 Å². The molecular formula is C66H91NO23. The molecule has 27 atom stereocenters. The van der Waals surface area contributed by atoms with Gasteiger partial charge in [0, 0.05) is 44.1 Å². The van der Waals surface area contributed by atoms with Gasteiger partial charge in [-0.3, -0.25) is 4.79 Å². The molecule has 0 aromatic heterocycles. The third-order valence-corrected chi connectivity index (χ3v) is 21.6. The summed E-state index contributed by atoms with van der Waals surface area (Å²) in [5, 5.41) is 83.9. The quantitative estimate of drug-likeness (QED) is 0.0599. The molecular weight excluding hydrogens is 1170 g/mol. The molecule has 0 radical (unpaired) electrons. The second-order valence-electron chi connectivity index (χ2n) is 27.1. The SMILES string of the molecule is CC(=O)O[C@H]1C[C@H](O[C@H]2[C@@H](O)C[C@H](O[C@H]3[C@@H](O)C[C@H](O[C@H]4CC[C@@]5(C)[C@H](CC[C@@H]6[C@@H]5C[C@@H](O)[C@]5(C)[C@@H](C7=CC(=O)OC7)CC[C@]65O)C4)O[C@@H]3C)O[C@@H]2C)O[C@H](C)[C@H]1O[C@@H]1O[C@H](CO)[C@@H](OC(=O)[C@H](Cc2ccccc2)NC(=O)OCc2ccccc2)[C@H](O)[C@H]1O. The van der Waals surface area contributed by atoms with Crippen LogP contribution in [0.4, 0.5) is 4.79 Å². The maximum absolute atomic E-state index is 13.9. The molecule has 5 heterocycles. The van der Waals surface area contributed by atoms with Crippen molar-refractivity contribution in [2.45, 2.75) is 254 Å². The van der Waals surface area contributed by atoms with Crippen LogP contribution in [-0.2, 0) is 84.3 Å². The van der Waals surface area contributed by atoms with E-state index in [0.29, 0.717) is 36.3 Å². The van der Waals surface area contributed by atoms with Crippen LogP contribution in [0.15, 0.2) is 72.3 Å². The number of aliphatic hydroxyl groups excluding tert-OH is 6. The van der Waals surface area contributed by atoms with Gasteiger partial charge in [-0.1, -0.05) is 74.5 Å². The van der Waals surface area contributed by atoms with Crippen molar-refractivity contribution in [3.05, 3.63) is 83.4 Å². The largest absolute Gasteiger partial charge is 0.459 e. The molecule has 0 spiro atoms. The highest BCUT2D eigenvalue weighted by Crippen LogP contribution is 2.70. The lowest BCUT2D eigenvalue weighted by Crippen LogP contribution is -2.67. The Labute approximate surface area is 524 Å². The van der Waals surface area contributed by atoms with Crippen LogP contribution in [0.5, 0.6) is 0 Å². The van der Waals surface area contributed by atoms with E-state index in [-0.39, 0.29) is 74.1 Å². The number of fused-ring (bicyclic) bond motifs is 5. The molecule has 5 aliphatic heterocycles. The van der Waals surface area contributed by atoms with Crippen molar-refractivity contribution in [1.29, 1.82) is 0 Å². The first-order valence-electron chi connectivity index (χ1n) is 32.2. The Bertz CT molecular complexity index is 2810. The molecule has 0 unspecified atom stereocenters. The number of cyclic esters (lactones) is 1. The average molecular weight is 1270 g/mol. The summed E-state index contributed by atoms with van der Waals surface area (Å²) in [7, 11) is 0. The number of rotatable bonds is 18. The summed E-state index contributed by atoms with van der Waals surface area (Å²) in [5.41, 5.74) is 0.280. The molecule has 11 rings (SSSR count). The summed E-state index contributed by atoms with van der Waals surface area (Å²) < 4.78 is 72.4. The minimum Gasteiger partial charge on any atom is -0.459 e. The van der Waals surface area contributed by atoms with Gasteiger partial charge < -0.3 is 97.9 Å². The third-order valence-electron chi connectivity index (χ3n) is 21.6. The fraction of sp³-hybridized carbons (Fsp3) is 0.727. The van der Waals surface area contributed by atoms with Gasteiger partial charge in [-0.2, -0.15) is 0 Å². The number of hydrogen-bond acceptors (Lipinski definition) is 23. The Hall–Kier alpha value is -4.74. The van der Waals surface area contributed by atoms with E-state index in [4.69, 9.17) is 56.8 Å². The monoisotopic (exact) mass is 1270 g/mol. The number of carbonyl (C=O) groups excluding carboxylic acids is 4. The highest BCUT2D eigenvalue weighted by molar-refractivity contribution is 5.85. The number of esters is 3. The Morgan fingerprint density at radius 3 is 1.91 bits per heavy atom. The molecule has 8 fully saturated rings. The van der Waals surface area contributed by atoms with E-state index in [1.54, 1.807) is 81.4 Å². The lowest BCUT2D eigenvalue weighted by Gasteiger charge is -2.65. The second kappa shape index (κ2) is 27.7. The van der Waals surface area contributed by atoms with Crippen LogP contribution in [-0.4, -0.2) is 201 Å². The zero-order valence-corrected chi connectivity index (χ0v) is 52.0. The number of carbonyl (C=O) groups is 4. The van der Waals surface area contributed by atoms with Gasteiger partial charge >= 0.3 is 24.0 Å². The van der Waals surface area contributed by atoms with E-state index in [1.807, 2.05) is 13.0 Å². The molecule has 4 aliphatic carbocycles. The smallest absolute Gasteiger partial charge is 0.408 e. The second-order valence-corrected chi connectivity index (χ2v) is 27.1. The Morgan fingerprint density at radius 2 is 1.30 bits per heavy atom. The first-order chi connectivity index (χ1) is 43.0. The molecule has 1 amide bonds. The minimum absolute atomic E-state index is 0.0234. The van der Waals surface area contributed by atoms with E-state index in [9.17, 15) is 54.9 Å². The molecule has 90 heavy (non-hydrogen) atoms. The van der Waals surface area contributed by atoms with Gasteiger partial charge in [0.05, 0.1) is 54.9 Å². The van der Waals surface area contributed by atoms with Crippen molar-refractivity contribution in [2.24, 2.45) is 34.5 Å². The van der Waals surface area contributed by atoms with E-state index in [0.717, 1.165) is 37.7 Å². The minimum atomic E-state index is -1.89. The molecule has 4 saturated carbocycles. The van der Waals surface area contributed by atoms with Gasteiger partial charge in [-0.15, -0.1) is 0 Å². The summed E-state index contributed by atoms with van der Waals surface area (Å²) in [6, 6.07) is 16.3. The average Bonchev–Trinajstić information content (AvgIpc) is 1.38. The summed E-state index contributed by atoms with van der Waals surface area (Å²) in [4.78, 5) is 51.5. The molecule has 4 saturated heterocycles. The summed E-state index contributed by atoms with van der Waals surface area (Å²) in [6.07, 6.45) is -14.2. The summed E-state index contributed by atoms with van der Waals surface area (Å²) in [5.74, 6) is -1.74. The van der Waals surface area contributed by atoms with E-state index < -0.39 is 152 Å². The molecule has 0 bridgehead atoms. The van der Waals surface area contributed by atoms with E-state index in [1.165, 1.54) is 6.92 Å². The van der Waals surface area contributed by atoms with Crippen LogP contribution in [0.25, 0.3) is 0 Å². The lowest BCUT2D eigenvalue weighted by atomic mass is 9.42. The molecule has 2 aromatic rings. The van der Waals surface area contributed by atoms with Crippen molar-refractivity contribution < 1.29 is 112 Å². The molecule has 8 N–H and O–H groups in total. The Kier molecular flexibility index (Phi) is 20.5. The number of amides is 1. The van der Waals surface area contributed by atoms with E-state index >= 15 is 0 Å². The van der Waals surface area contributed by atoms with Crippen LogP contribution in [0.2, 0.25) is 0 Å². The molecule has 2 aromatic carbocycles. The van der Waals surface area contributed by atoms with Crippen LogP contribution >= 0.6 is 0 Å². The van der Waals surface area contributed by atoms with Gasteiger partial charge in [-0.25, -0.2) is 14.4 Å². The lowest BCUT2D eigenvalue weighted by molar-refractivity contribution is -0.355. The Balaban J connectivity index is 0.645. The molecule has 498 valence electrons. The van der Waals surface area contributed by atoms with Gasteiger partial charge in [0.1, 0.15) is 62.0 Å². The summed E-state index contributed by atoms with van der Waals surface area (Å²) >= 11 is 0. The highest BCUT2D eigenvalue weighted by Gasteiger charge is 2.71.